The first-order valence-electron chi connectivity index (χ1n) is 5.02. The number of rotatable bonds is 1. The molecule has 0 radical (unpaired) electrons. The lowest BCUT2D eigenvalue weighted by molar-refractivity contribution is 0.233. The molecule has 0 amide bonds. The molecule has 2 saturated heterocycles. The fourth-order valence-corrected chi connectivity index (χ4v) is 2.80. The molecule has 5 atom stereocenters. The van der Waals surface area contributed by atoms with E-state index in [0.29, 0.717) is 18.3 Å². The van der Waals surface area contributed by atoms with Crippen LogP contribution >= 0.6 is 0 Å². The molecule has 2 heteroatoms. The van der Waals surface area contributed by atoms with Crippen LogP contribution in [0.1, 0.15) is 33.1 Å². The third kappa shape index (κ3) is 0.944. The van der Waals surface area contributed by atoms with Gasteiger partial charge in [0.15, 0.2) is 0 Å². The maximum atomic E-state index is 5.65. The second-order valence-electron chi connectivity index (χ2n) is 4.77. The minimum atomic E-state index is 0.245. The Bertz CT molecular complexity index is 216. The summed E-state index contributed by atoms with van der Waals surface area (Å²) < 4.78 is 11.2. The Hall–Kier alpha value is -0.0800. The van der Waals surface area contributed by atoms with Crippen molar-refractivity contribution in [1.82, 2.24) is 0 Å². The molecule has 12 heavy (non-hydrogen) atoms. The molecule has 3 aliphatic rings. The fraction of sp³-hybridized carbons (Fsp3) is 1.00. The van der Waals surface area contributed by atoms with Gasteiger partial charge >= 0.3 is 0 Å². The van der Waals surface area contributed by atoms with Crippen LogP contribution in [0.2, 0.25) is 0 Å². The molecule has 0 aromatic rings. The van der Waals surface area contributed by atoms with Crippen molar-refractivity contribution in [3.63, 3.8) is 0 Å². The molecule has 0 spiro atoms. The molecule has 68 valence electrons. The van der Waals surface area contributed by atoms with Crippen molar-refractivity contribution in [2.45, 2.75) is 57.0 Å². The quantitative estimate of drug-likeness (QED) is 0.557. The van der Waals surface area contributed by atoms with Gasteiger partial charge in [0.2, 0.25) is 0 Å². The topological polar surface area (TPSA) is 25.1 Å². The maximum Gasteiger partial charge on any atom is 0.0924 e. The Labute approximate surface area is 73.2 Å². The predicted octanol–water partition coefficient (Wildman–Crippen LogP) is 1.73. The van der Waals surface area contributed by atoms with Crippen molar-refractivity contribution < 1.29 is 9.47 Å². The highest BCUT2D eigenvalue weighted by atomic mass is 16.6. The second-order valence-corrected chi connectivity index (χ2v) is 4.77. The zero-order valence-corrected chi connectivity index (χ0v) is 7.75. The van der Waals surface area contributed by atoms with Gasteiger partial charge in [-0.2, -0.15) is 0 Å². The van der Waals surface area contributed by atoms with Gasteiger partial charge in [-0.15, -0.1) is 0 Å². The monoisotopic (exact) mass is 168 g/mol. The standard InChI is InChI=1S/C10H16O2/c1-6-9(11-6)7-3-4-8-10(2,5-7)12-8/h6-9H,3-5H2,1-2H3. The lowest BCUT2D eigenvalue weighted by atomic mass is 9.80. The van der Waals surface area contributed by atoms with Gasteiger partial charge in [-0.05, 0) is 39.0 Å². The maximum absolute atomic E-state index is 5.65. The number of hydrogen-bond donors (Lipinski definition) is 0. The molecule has 1 aliphatic carbocycles. The minimum absolute atomic E-state index is 0.245. The molecule has 0 aromatic heterocycles. The minimum Gasteiger partial charge on any atom is -0.370 e. The van der Waals surface area contributed by atoms with Crippen molar-refractivity contribution in [3.8, 4) is 0 Å². The summed E-state index contributed by atoms with van der Waals surface area (Å²) in [7, 11) is 0. The number of hydrogen-bond acceptors (Lipinski definition) is 2. The molecule has 2 aliphatic heterocycles. The molecular weight excluding hydrogens is 152 g/mol. The summed E-state index contributed by atoms with van der Waals surface area (Å²) in [5, 5.41) is 0. The van der Waals surface area contributed by atoms with Gasteiger partial charge in [0, 0.05) is 0 Å². The van der Waals surface area contributed by atoms with Crippen LogP contribution in [0.25, 0.3) is 0 Å². The summed E-state index contributed by atoms with van der Waals surface area (Å²) >= 11 is 0. The van der Waals surface area contributed by atoms with E-state index in [4.69, 9.17) is 9.47 Å². The van der Waals surface area contributed by atoms with Crippen molar-refractivity contribution in [2.75, 3.05) is 0 Å². The van der Waals surface area contributed by atoms with E-state index < -0.39 is 0 Å². The molecule has 3 rings (SSSR count). The number of fused-ring (bicyclic) bond motifs is 1. The predicted molar refractivity (Wildman–Crippen MR) is 45.0 cm³/mol. The molecule has 1 saturated carbocycles. The van der Waals surface area contributed by atoms with E-state index in [1.165, 1.54) is 19.3 Å². The highest BCUT2D eigenvalue weighted by molar-refractivity contribution is 5.06. The summed E-state index contributed by atoms with van der Waals surface area (Å²) in [5.41, 5.74) is 0.245. The molecule has 2 nitrogen and oxygen atoms in total. The van der Waals surface area contributed by atoms with Crippen LogP contribution < -0.4 is 0 Å². The molecule has 0 N–H and O–H groups in total. The van der Waals surface area contributed by atoms with Crippen molar-refractivity contribution in [1.29, 1.82) is 0 Å². The van der Waals surface area contributed by atoms with Gasteiger partial charge in [0.05, 0.1) is 23.9 Å². The molecule has 0 aromatic carbocycles. The summed E-state index contributed by atoms with van der Waals surface area (Å²) in [6.45, 7) is 4.42. The molecule has 2 heterocycles. The normalized spacial score (nSPS) is 62.5. The Morgan fingerprint density at radius 2 is 2.08 bits per heavy atom. The Kier molecular flexibility index (Phi) is 1.25. The fourth-order valence-electron chi connectivity index (χ4n) is 2.80. The Balaban J connectivity index is 1.67. The molecular formula is C10H16O2. The molecule has 5 unspecified atom stereocenters. The van der Waals surface area contributed by atoms with Gasteiger partial charge in [-0.25, -0.2) is 0 Å². The van der Waals surface area contributed by atoms with Gasteiger partial charge in [-0.3, -0.25) is 0 Å². The van der Waals surface area contributed by atoms with E-state index in [9.17, 15) is 0 Å². The van der Waals surface area contributed by atoms with Gasteiger partial charge in [0.1, 0.15) is 0 Å². The number of epoxide rings is 2. The first-order chi connectivity index (χ1) is 5.69. The van der Waals surface area contributed by atoms with Crippen LogP contribution in [0.15, 0.2) is 0 Å². The lowest BCUT2D eigenvalue weighted by Crippen LogP contribution is -2.26. The van der Waals surface area contributed by atoms with Crippen molar-refractivity contribution >= 4 is 0 Å². The smallest absolute Gasteiger partial charge is 0.0924 e. The third-order valence-corrected chi connectivity index (χ3v) is 3.72. The van der Waals surface area contributed by atoms with Crippen LogP contribution in [0.3, 0.4) is 0 Å². The van der Waals surface area contributed by atoms with Crippen LogP contribution in [0.5, 0.6) is 0 Å². The Morgan fingerprint density at radius 3 is 2.67 bits per heavy atom. The third-order valence-electron chi connectivity index (χ3n) is 3.72. The van der Waals surface area contributed by atoms with E-state index >= 15 is 0 Å². The summed E-state index contributed by atoms with van der Waals surface area (Å²) in [6.07, 6.45) is 5.47. The van der Waals surface area contributed by atoms with Gasteiger partial charge in [0.25, 0.3) is 0 Å². The highest BCUT2D eigenvalue weighted by Gasteiger charge is 2.58. The average molecular weight is 168 g/mol. The largest absolute Gasteiger partial charge is 0.370 e. The van der Waals surface area contributed by atoms with Crippen LogP contribution in [0.4, 0.5) is 0 Å². The van der Waals surface area contributed by atoms with Crippen LogP contribution in [-0.2, 0) is 9.47 Å². The first kappa shape index (κ1) is 7.34. The molecule has 3 fully saturated rings. The zero-order valence-electron chi connectivity index (χ0n) is 7.75. The number of ether oxygens (including phenoxy) is 2. The van der Waals surface area contributed by atoms with Gasteiger partial charge in [-0.1, -0.05) is 0 Å². The second kappa shape index (κ2) is 2.05. The first-order valence-corrected chi connectivity index (χ1v) is 5.02. The zero-order chi connectivity index (χ0) is 8.34. The van der Waals surface area contributed by atoms with E-state index in [0.717, 1.165) is 5.92 Å². The summed E-state index contributed by atoms with van der Waals surface area (Å²) in [6, 6.07) is 0. The van der Waals surface area contributed by atoms with Crippen molar-refractivity contribution in [3.05, 3.63) is 0 Å². The summed E-state index contributed by atoms with van der Waals surface area (Å²) in [5.74, 6) is 0.781. The molecule has 0 bridgehead atoms. The van der Waals surface area contributed by atoms with E-state index in [1.807, 2.05) is 0 Å². The lowest BCUT2D eigenvalue weighted by Gasteiger charge is -2.21. The average Bonchev–Trinajstić information content (AvgIpc) is 2.84. The SMILES string of the molecule is CC1OC1C1CCC2OC2(C)C1. The summed E-state index contributed by atoms with van der Waals surface area (Å²) in [4.78, 5) is 0. The van der Waals surface area contributed by atoms with Crippen molar-refractivity contribution in [2.24, 2.45) is 5.92 Å². The van der Waals surface area contributed by atoms with E-state index in [2.05, 4.69) is 13.8 Å². The highest BCUT2D eigenvalue weighted by Crippen LogP contribution is 2.52. The Morgan fingerprint density at radius 1 is 1.33 bits per heavy atom. The van der Waals surface area contributed by atoms with Crippen LogP contribution in [-0.4, -0.2) is 23.9 Å². The van der Waals surface area contributed by atoms with E-state index in [1.54, 1.807) is 0 Å². The van der Waals surface area contributed by atoms with Crippen LogP contribution in [0, 0.1) is 5.92 Å². The van der Waals surface area contributed by atoms with Gasteiger partial charge < -0.3 is 9.47 Å². The van der Waals surface area contributed by atoms with E-state index in [-0.39, 0.29) is 5.60 Å².